The summed E-state index contributed by atoms with van der Waals surface area (Å²) in [5.41, 5.74) is 1.01. The molecule has 1 amide bonds. The van der Waals surface area contributed by atoms with Crippen molar-refractivity contribution in [3.8, 4) is 5.75 Å². The second kappa shape index (κ2) is 7.58. The fraction of sp³-hybridized carbons (Fsp3) is 0.188. The lowest BCUT2D eigenvalue weighted by Gasteiger charge is -2.06. The first-order valence-corrected chi connectivity index (χ1v) is 8.15. The van der Waals surface area contributed by atoms with Gasteiger partial charge in [-0.1, -0.05) is 29.3 Å². The standard InChI is InChI=1S/C16H15Cl2N5O2/c1-22-15(13(18)8-20-22)9-19-16(24)14-5-6-23(21-14)10-25-12-4-2-3-11(17)7-12/h2-8H,9-10H2,1H3,(H,19,24). The Hall–Kier alpha value is -2.51. The summed E-state index contributed by atoms with van der Waals surface area (Å²) in [6.45, 7) is 0.432. The van der Waals surface area contributed by atoms with Crippen LogP contribution in [0.15, 0.2) is 42.7 Å². The van der Waals surface area contributed by atoms with Crippen LogP contribution in [0.1, 0.15) is 16.2 Å². The van der Waals surface area contributed by atoms with Crippen molar-refractivity contribution in [1.29, 1.82) is 0 Å². The highest BCUT2D eigenvalue weighted by Gasteiger charge is 2.12. The van der Waals surface area contributed by atoms with Crippen molar-refractivity contribution in [1.82, 2.24) is 24.9 Å². The Labute approximate surface area is 154 Å². The van der Waals surface area contributed by atoms with Crippen LogP contribution in [0.3, 0.4) is 0 Å². The number of halogens is 2. The van der Waals surface area contributed by atoms with E-state index >= 15 is 0 Å². The van der Waals surface area contributed by atoms with E-state index in [1.807, 2.05) is 0 Å². The molecule has 1 N–H and O–H groups in total. The monoisotopic (exact) mass is 379 g/mol. The van der Waals surface area contributed by atoms with Crippen molar-refractivity contribution < 1.29 is 9.53 Å². The summed E-state index contributed by atoms with van der Waals surface area (Å²) in [7, 11) is 1.76. The average molecular weight is 380 g/mol. The zero-order chi connectivity index (χ0) is 17.8. The van der Waals surface area contributed by atoms with E-state index in [-0.39, 0.29) is 24.9 Å². The first-order valence-electron chi connectivity index (χ1n) is 7.39. The molecule has 3 aromatic rings. The molecule has 3 rings (SSSR count). The SMILES string of the molecule is Cn1ncc(Cl)c1CNC(=O)c1ccn(COc2cccc(Cl)c2)n1. The van der Waals surface area contributed by atoms with E-state index in [0.717, 1.165) is 5.69 Å². The van der Waals surface area contributed by atoms with Gasteiger partial charge in [-0.15, -0.1) is 0 Å². The van der Waals surface area contributed by atoms with E-state index < -0.39 is 0 Å². The number of ether oxygens (including phenoxy) is 1. The highest BCUT2D eigenvalue weighted by atomic mass is 35.5. The minimum absolute atomic E-state index is 0.168. The van der Waals surface area contributed by atoms with Crippen molar-refractivity contribution in [2.45, 2.75) is 13.3 Å². The number of rotatable bonds is 6. The van der Waals surface area contributed by atoms with Gasteiger partial charge in [-0.3, -0.25) is 9.48 Å². The number of carbonyl (C=O) groups is 1. The summed E-state index contributed by atoms with van der Waals surface area (Å²) in [5, 5.41) is 12.1. The van der Waals surface area contributed by atoms with Gasteiger partial charge in [0.25, 0.3) is 5.91 Å². The maximum atomic E-state index is 12.2. The van der Waals surface area contributed by atoms with Crippen LogP contribution in [-0.2, 0) is 20.3 Å². The molecule has 0 saturated heterocycles. The molecule has 0 aliphatic carbocycles. The lowest BCUT2D eigenvalue weighted by molar-refractivity contribution is 0.0943. The number of benzene rings is 1. The third kappa shape index (κ3) is 4.32. The highest BCUT2D eigenvalue weighted by molar-refractivity contribution is 6.31. The lowest BCUT2D eigenvalue weighted by atomic mass is 10.3. The molecule has 0 spiro atoms. The molecule has 0 atom stereocenters. The van der Waals surface area contributed by atoms with E-state index in [2.05, 4.69) is 15.5 Å². The molecule has 1 aromatic carbocycles. The summed E-state index contributed by atoms with van der Waals surface area (Å²) in [5.74, 6) is 0.318. The van der Waals surface area contributed by atoms with Crippen molar-refractivity contribution >= 4 is 29.1 Å². The summed E-state index contributed by atoms with van der Waals surface area (Å²) >= 11 is 11.9. The summed E-state index contributed by atoms with van der Waals surface area (Å²) in [4.78, 5) is 12.2. The van der Waals surface area contributed by atoms with Crippen LogP contribution < -0.4 is 10.1 Å². The predicted octanol–water partition coefficient (Wildman–Crippen LogP) is 2.89. The molecule has 0 saturated carbocycles. The Morgan fingerprint density at radius 3 is 2.88 bits per heavy atom. The Kier molecular flexibility index (Phi) is 5.25. The predicted molar refractivity (Wildman–Crippen MR) is 93.7 cm³/mol. The number of carbonyl (C=O) groups excluding carboxylic acids is 1. The number of aromatic nitrogens is 4. The van der Waals surface area contributed by atoms with E-state index in [4.69, 9.17) is 27.9 Å². The molecule has 0 aliphatic heterocycles. The Morgan fingerprint density at radius 1 is 1.32 bits per heavy atom. The van der Waals surface area contributed by atoms with E-state index in [0.29, 0.717) is 15.8 Å². The average Bonchev–Trinajstić information content (AvgIpc) is 3.19. The third-order valence-corrected chi connectivity index (χ3v) is 4.01. The van der Waals surface area contributed by atoms with Gasteiger partial charge in [0.1, 0.15) is 11.4 Å². The first kappa shape index (κ1) is 17.3. The topological polar surface area (TPSA) is 74.0 Å². The molecule has 2 aromatic heterocycles. The molecule has 0 aliphatic rings. The number of amides is 1. The third-order valence-electron chi connectivity index (χ3n) is 3.46. The lowest BCUT2D eigenvalue weighted by Crippen LogP contribution is -2.25. The molecule has 7 nitrogen and oxygen atoms in total. The summed E-state index contributed by atoms with van der Waals surface area (Å²) in [6.07, 6.45) is 3.20. The van der Waals surface area contributed by atoms with Gasteiger partial charge in [0.2, 0.25) is 0 Å². The fourth-order valence-electron chi connectivity index (χ4n) is 2.14. The van der Waals surface area contributed by atoms with Gasteiger partial charge >= 0.3 is 0 Å². The van der Waals surface area contributed by atoms with Gasteiger partial charge in [0.15, 0.2) is 6.73 Å². The van der Waals surface area contributed by atoms with E-state index in [1.54, 1.807) is 48.3 Å². The van der Waals surface area contributed by atoms with E-state index in [1.165, 1.54) is 10.9 Å². The van der Waals surface area contributed by atoms with Gasteiger partial charge in [0, 0.05) is 18.3 Å². The van der Waals surface area contributed by atoms with Gasteiger partial charge in [0.05, 0.1) is 23.5 Å². The van der Waals surface area contributed by atoms with Gasteiger partial charge in [-0.2, -0.15) is 10.2 Å². The quantitative estimate of drug-likeness (QED) is 0.714. The van der Waals surface area contributed by atoms with Crippen LogP contribution in [0.2, 0.25) is 10.0 Å². The molecular formula is C16H15Cl2N5O2. The van der Waals surface area contributed by atoms with Crippen molar-refractivity contribution in [2.24, 2.45) is 7.05 Å². The smallest absolute Gasteiger partial charge is 0.272 e. The van der Waals surface area contributed by atoms with Gasteiger partial charge in [-0.05, 0) is 24.3 Å². The number of nitrogens with one attached hydrogen (secondary N) is 1. The van der Waals surface area contributed by atoms with Crippen LogP contribution in [0, 0.1) is 0 Å². The Morgan fingerprint density at radius 2 is 2.16 bits per heavy atom. The largest absolute Gasteiger partial charge is 0.471 e. The van der Waals surface area contributed by atoms with Gasteiger partial charge < -0.3 is 10.1 Å². The zero-order valence-corrected chi connectivity index (χ0v) is 14.8. The zero-order valence-electron chi connectivity index (χ0n) is 13.3. The maximum absolute atomic E-state index is 12.2. The number of aryl methyl sites for hydroxylation is 1. The Balaban J connectivity index is 1.56. The summed E-state index contributed by atoms with van der Waals surface area (Å²) in [6, 6.07) is 8.67. The molecule has 0 fully saturated rings. The van der Waals surface area contributed by atoms with Crippen LogP contribution in [0.5, 0.6) is 5.75 Å². The minimum atomic E-state index is -0.307. The van der Waals surface area contributed by atoms with Crippen LogP contribution in [0.25, 0.3) is 0 Å². The summed E-state index contributed by atoms with van der Waals surface area (Å²) < 4.78 is 8.70. The molecule has 25 heavy (non-hydrogen) atoms. The number of nitrogens with zero attached hydrogens (tertiary/aromatic N) is 4. The minimum Gasteiger partial charge on any atom is -0.471 e. The van der Waals surface area contributed by atoms with Crippen LogP contribution in [0.4, 0.5) is 0 Å². The molecular weight excluding hydrogens is 365 g/mol. The van der Waals surface area contributed by atoms with Gasteiger partial charge in [-0.25, -0.2) is 4.68 Å². The molecule has 0 unspecified atom stereocenters. The molecule has 9 heteroatoms. The molecule has 130 valence electrons. The van der Waals surface area contributed by atoms with Crippen molar-refractivity contribution in [3.05, 3.63) is 64.2 Å². The number of hydrogen-bond donors (Lipinski definition) is 1. The maximum Gasteiger partial charge on any atom is 0.272 e. The van der Waals surface area contributed by atoms with Crippen LogP contribution in [-0.4, -0.2) is 25.5 Å². The van der Waals surface area contributed by atoms with Crippen molar-refractivity contribution in [2.75, 3.05) is 0 Å². The highest BCUT2D eigenvalue weighted by Crippen LogP contribution is 2.17. The Bertz CT molecular complexity index is 871. The second-order valence-electron chi connectivity index (χ2n) is 5.22. The second-order valence-corrected chi connectivity index (χ2v) is 6.06. The van der Waals surface area contributed by atoms with Crippen molar-refractivity contribution in [3.63, 3.8) is 0 Å². The first-order chi connectivity index (χ1) is 12.0. The van der Waals surface area contributed by atoms with E-state index in [9.17, 15) is 4.79 Å². The normalized spacial score (nSPS) is 10.7. The molecule has 0 radical (unpaired) electrons. The number of hydrogen-bond acceptors (Lipinski definition) is 4. The fourth-order valence-corrected chi connectivity index (χ4v) is 2.55. The van der Waals surface area contributed by atoms with Crippen LogP contribution >= 0.6 is 23.2 Å². The molecule has 0 bridgehead atoms. The molecule has 2 heterocycles.